The highest BCUT2D eigenvalue weighted by molar-refractivity contribution is 5.74. The molecular formula is C17H26N4O2. The Morgan fingerprint density at radius 1 is 1.39 bits per heavy atom. The van der Waals surface area contributed by atoms with E-state index in [0.29, 0.717) is 6.54 Å². The van der Waals surface area contributed by atoms with Crippen molar-refractivity contribution in [3.63, 3.8) is 0 Å². The standard InChI is InChI=1S/C17H26N4O2/c1-13-3-4-15(18-11-13)21-9-5-14(6-10-21)20-16(22)19-12-17(23)7-2-8-17/h3-4,11,14,23H,2,5-10,12H2,1H3,(H2,19,20,22). The molecule has 1 aromatic rings. The minimum atomic E-state index is -0.669. The minimum Gasteiger partial charge on any atom is -0.388 e. The zero-order chi connectivity index (χ0) is 16.3. The Balaban J connectivity index is 1.40. The smallest absolute Gasteiger partial charge is 0.315 e. The summed E-state index contributed by atoms with van der Waals surface area (Å²) in [6.45, 7) is 4.17. The lowest BCUT2D eigenvalue weighted by Gasteiger charge is -2.37. The van der Waals surface area contributed by atoms with Crippen LogP contribution < -0.4 is 15.5 Å². The number of aryl methyl sites for hydroxylation is 1. The number of amides is 2. The molecule has 6 heteroatoms. The SMILES string of the molecule is Cc1ccc(N2CCC(NC(=O)NCC3(O)CCC3)CC2)nc1. The average molecular weight is 318 g/mol. The summed E-state index contributed by atoms with van der Waals surface area (Å²) in [5, 5.41) is 15.8. The molecule has 2 aliphatic rings. The predicted molar refractivity (Wildman–Crippen MR) is 89.5 cm³/mol. The van der Waals surface area contributed by atoms with Crippen LogP contribution in [-0.2, 0) is 0 Å². The van der Waals surface area contributed by atoms with Crippen molar-refractivity contribution in [2.24, 2.45) is 0 Å². The lowest BCUT2D eigenvalue weighted by molar-refractivity contribution is -0.0290. The second-order valence-electron chi connectivity index (χ2n) is 6.86. The summed E-state index contributed by atoms with van der Waals surface area (Å²) in [6, 6.07) is 4.14. The fourth-order valence-electron chi connectivity index (χ4n) is 3.14. The second kappa shape index (κ2) is 6.74. The number of anilines is 1. The van der Waals surface area contributed by atoms with Crippen LogP contribution in [0.4, 0.5) is 10.6 Å². The van der Waals surface area contributed by atoms with E-state index in [9.17, 15) is 9.90 Å². The number of piperidine rings is 1. The van der Waals surface area contributed by atoms with E-state index < -0.39 is 5.60 Å². The van der Waals surface area contributed by atoms with Crippen molar-refractivity contribution >= 4 is 11.8 Å². The Morgan fingerprint density at radius 3 is 2.70 bits per heavy atom. The third kappa shape index (κ3) is 4.13. The van der Waals surface area contributed by atoms with Gasteiger partial charge in [-0.05, 0) is 50.7 Å². The Hall–Kier alpha value is -1.82. The molecule has 2 heterocycles. The van der Waals surface area contributed by atoms with E-state index in [1.807, 2.05) is 13.1 Å². The van der Waals surface area contributed by atoms with E-state index in [4.69, 9.17) is 0 Å². The van der Waals surface area contributed by atoms with Crippen molar-refractivity contribution in [2.75, 3.05) is 24.5 Å². The number of rotatable bonds is 4. The molecule has 0 unspecified atom stereocenters. The van der Waals surface area contributed by atoms with Crippen molar-refractivity contribution in [2.45, 2.75) is 50.7 Å². The van der Waals surface area contributed by atoms with Gasteiger partial charge in [-0.1, -0.05) is 6.07 Å². The van der Waals surface area contributed by atoms with Gasteiger partial charge in [0.2, 0.25) is 0 Å². The maximum atomic E-state index is 11.9. The molecule has 2 fully saturated rings. The van der Waals surface area contributed by atoms with Crippen LogP contribution in [0.5, 0.6) is 0 Å². The molecule has 1 saturated heterocycles. The highest BCUT2D eigenvalue weighted by Crippen LogP contribution is 2.30. The van der Waals surface area contributed by atoms with Gasteiger partial charge >= 0.3 is 6.03 Å². The van der Waals surface area contributed by atoms with Crippen LogP contribution >= 0.6 is 0 Å². The molecule has 1 saturated carbocycles. The van der Waals surface area contributed by atoms with Gasteiger partial charge in [0.1, 0.15) is 5.82 Å². The molecule has 23 heavy (non-hydrogen) atoms. The molecule has 0 bridgehead atoms. The molecule has 3 N–H and O–H groups in total. The van der Waals surface area contributed by atoms with Gasteiger partial charge in [0, 0.05) is 31.9 Å². The van der Waals surface area contributed by atoms with Gasteiger partial charge in [-0.3, -0.25) is 0 Å². The highest BCUT2D eigenvalue weighted by atomic mass is 16.3. The fourth-order valence-corrected chi connectivity index (χ4v) is 3.14. The third-order valence-corrected chi connectivity index (χ3v) is 4.91. The van der Waals surface area contributed by atoms with E-state index in [2.05, 4.69) is 32.7 Å². The van der Waals surface area contributed by atoms with Crippen LogP contribution in [0.15, 0.2) is 18.3 Å². The Kier molecular flexibility index (Phi) is 4.71. The third-order valence-electron chi connectivity index (χ3n) is 4.91. The van der Waals surface area contributed by atoms with Crippen LogP contribution in [0, 0.1) is 6.92 Å². The van der Waals surface area contributed by atoms with Crippen LogP contribution in [0.25, 0.3) is 0 Å². The number of nitrogens with zero attached hydrogens (tertiary/aromatic N) is 2. The topological polar surface area (TPSA) is 77.5 Å². The number of aromatic nitrogens is 1. The number of urea groups is 1. The van der Waals surface area contributed by atoms with Gasteiger partial charge < -0.3 is 20.6 Å². The summed E-state index contributed by atoms with van der Waals surface area (Å²) < 4.78 is 0. The number of nitrogens with one attached hydrogen (secondary N) is 2. The quantitative estimate of drug-likeness (QED) is 0.787. The number of carbonyl (C=O) groups is 1. The summed E-state index contributed by atoms with van der Waals surface area (Å²) in [4.78, 5) is 18.6. The van der Waals surface area contributed by atoms with Crippen molar-refractivity contribution in [3.8, 4) is 0 Å². The fraction of sp³-hybridized carbons (Fsp3) is 0.647. The average Bonchev–Trinajstić information content (AvgIpc) is 2.53. The largest absolute Gasteiger partial charge is 0.388 e. The van der Waals surface area contributed by atoms with Crippen LogP contribution in [0.3, 0.4) is 0 Å². The minimum absolute atomic E-state index is 0.169. The number of pyridine rings is 1. The molecule has 3 rings (SSSR count). The summed E-state index contributed by atoms with van der Waals surface area (Å²) in [5.41, 5.74) is 0.493. The molecule has 1 aromatic heterocycles. The van der Waals surface area contributed by atoms with Crippen LogP contribution in [0.1, 0.15) is 37.7 Å². The summed E-state index contributed by atoms with van der Waals surface area (Å²) >= 11 is 0. The monoisotopic (exact) mass is 318 g/mol. The molecule has 0 spiro atoms. The van der Waals surface area contributed by atoms with Gasteiger partial charge in [-0.25, -0.2) is 9.78 Å². The zero-order valence-corrected chi connectivity index (χ0v) is 13.7. The van der Waals surface area contributed by atoms with Crippen molar-refractivity contribution in [1.29, 1.82) is 0 Å². The first-order valence-electron chi connectivity index (χ1n) is 8.48. The maximum Gasteiger partial charge on any atom is 0.315 e. The van der Waals surface area contributed by atoms with Crippen molar-refractivity contribution < 1.29 is 9.90 Å². The van der Waals surface area contributed by atoms with E-state index in [1.54, 1.807) is 0 Å². The number of hydrogen-bond acceptors (Lipinski definition) is 4. The van der Waals surface area contributed by atoms with Gasteiger partial charge in [-0.15, -0.1) is 0 Å². The summed E-state index contributed by atoms with van der Waals surface area (Å²) in [7, 11) is 0. The van der Waals surface area contributed by atoms with Crippen LogP contribution in [0.2, 0.25) is 0 Å². The Labute approximate surface area is 137 Å². The van der Waals surface area contributed by atoms with Gasteiger partial charge in [0.05, 0.1) is 5.60 Å². The second-order valence-corrected chi connectivity index (χ2v) is 6.86. The lowest BCUT2D eigenvalue weighted by atomic mass is 9.80. The van der Waals surface area contributed by atoms with Crippen molar-refractivity contribution in [3.05, 3.63) is 23.9 Å². The molecule has 1 aliphatic heterocycles. The highest BCUT2D eigenvalue weighted by Gasteiger charge is 2.34. The van der Waals surface area contributed by atoms with Crippen molar-refractivity contribution in [1.82, 2.24) is 15.6 Å². The number of carbonyl (C=O) groups excluding carboxylic acids is 1. The van der Waals surface area contributed by atoms with E-state index in [0.717, 1.165) is 56.6 Å². The number of hydrogen-bond donors (Lipinski definition) is 3. The normalized spacial score (nSPS) is 20.7. The van der Waals surface area contributed by atoms with E-state index in [-0.39, 0.29) is 12.1 Å². The lowest BCUT2D eigenvalue weighted by Crippen LogP contribution is -2.53. The summed E-state index contributed by atoms with van der Waals surface area (Å²) in [6.07, 6.45) is 6.33. The van der Waals surface area contributed by atoms with Gasteiger partial charge in [0.25, 0.3) is 0 Å². The number of aliphatic hydroxyl groups is 1. The van der Waals surface area contributed by atoms with Gasteiger partial charge in [0.15, 0.2) is 0 Å². The zero-order valence-electron chi connectivity index (χ0n) is 13.7. The molecule has 0 radical (unpaired) electrons. The Bertz CT molecular complexity index is 534. The molecule has 0 aromatic carbocycles. The molecule has 1 aliphatic carbocycles. The molecule has 2 amide bonds. The van der Waals surface area contributed by atoms with Crippen LogP contribution in [-0.4, -0.2) is 47.4 Å². The first-order chi connectivity index (χ1) is 11.0. The Morgan fingerprint density at radius 2 is 2.13 bits per heavy atom. The molecular weight excluding hydrogens is 292 g/mol. The molecule has 0 atom stereocenters. The first-order valence-corrected chi connectivity index (χ1v) is 8.48. The van der Waals surface area contributed by atoms with E-state index >= 15 is 0 Å². The first kappa shape index (κ1) is 16.1. The predicted octanol–water partition coefficient (Wildman–Crippen LogP) is 1.57. The summed E-state index contributed by atoms with van der Waals surface area (Å²) in [5.74, 6) is 1.01. The maximum absolute atomic E-state index is 11.9. The van der Waals surface area contributed by atoms with E-state index in [1.165, 1.54) is 0 Å². The molecule has 126 valence electrons. The van der Waals surface area contributed by atoms with Gasteiger partial charge in [-0.2, -0.15) is 0 Å². The molecule has 6 nitrogen and oxygen atoms in total.